The number of pyridine rings is 1. The lowest BCUT2D eigenvalue weighted by atomic mass is 9.91. The van der Waals surface area contributed by atoms with Crippen molar-refractivity contribution < 1.29 is 14.7 Å². The summed E-state index contributed by atoms with van der Waals surface area (Å²) in [6.45, 7) is 3.57. The fourth-order valence-electron chi connectivity index (χ4n) is 3.61. The molecule has 0 radical (unpaired) electrons. The van der Waals surface area contributed by atoms with Crippen molar-refractivity contribution in [1.29, 1.82) is 0 Å². The van der Waals surface area contributed by atoms with E-state index in [0.29, 0.717) is 0 Å². The summed E-state index contributed by atoms with van der Waals surface area (Å²) in [5, 5.41) is 10.4. The predicted octanol–water partition coefficient (Wildman–Crippen LogP) is 2.94. The number of nitrogens with zero attached hydrogens (tertiary/aromatic N) is 2. The molecule has 1 fully saturated rings. The first-order chi connectivity index (χ1) is 11.0. The first kappa shape index (κ1) is 15.7. The Labute approximate surface area is 136 Å². The summed E-state index contributed by atoms with van der Waals surface area (Å²) in [6.07, 6.45) is 7.31. The van der Waals surface area contributed by atoms with Crippen LogP contribution in [0.25, 0.3) is 0 Å². The highest BCUT2D eigenvalue weighted by atomic mass is 16.3. The monoisotopic (exact) mass is 314 g/mol. The number of Topliss-reactive ketones (excluding diaryl/α,β-unsaturated/α-hetero) is 1. The molecule has 0 saturated heterocycles. The SMILES string of the molecule is CC(C)C(=O)C1=C(O)C(=O)N(C2CCCC2)C1c1cccnc1. The Morgan fingerprint density at radius 1 is 1.35 bits per heavy atom. The van der Waals surface area contributed by atoms with Crippen molar-refractivity contribution >= 4 is 11.7 Å². The molecule has 1 saturated carbocycles. The van der Waals surface area contributed by atoms with Gasteiger partial charge in [0.25, 0.3) is 5.91 Å². The second-order valence-electron chi connectivity index (χ2n) is 6.62. The van der Waals surface area contributed by atoms with Gasteiger partial charge in [-0.15, -0.1) is 0 Å². The first-order valence-electron chi connectivity index (χ1n) is 8.22. The first-order valence-corrected chi connectivity index (χ1v) is 8.22. The van der Waals surface area contributed by atoms with Gasteiger partial charge in [0, 0.05) is 24.4 Å². The van der Waals surface area contributed by atoms with E-state index in [1.807, 2.05) is 6.07 Å². The minimum Gasteiger partial charge on any atom is -0.503 e. The van der Waals surface area contributed by atoms with Gasteiger partial charge in [-0.25, -0.2) is 0 Å². The van der Waals surface area contributed by atoms with E-state index in [1.54, 1.807) is 37.2 Å². The van der Waals surface area contributed by atoms with Crippen LogP contribution in [0.15, 0.2) is 35.9 Å². The largest absolute Gasteiger partial charge is 0.503 e. The highest BCUT2D eigenvalue weighted by Crippen LogP contribution is 2.42. The Kier molecular flexibility index (Phi) is 4.20. The van der Waals surface area contributed by atoms with E-state index in [9.17, 15) is 14.7 Å². The summed E-state index contributed by atoms with van der Waals surface area (Å²) in [7, 11) is 0. The zero-order valence-electron chi connectivity index (χ0n) is 13.5. The molecule has 5 heteroatoms. The van der Waals surface area contributed by atoms with Crippen molar-refractivity contribution in [2.75, 3.05) is 0 Å². The molecule has 0 spiro atoms. The third-order valence-electron chi connectivity index (χ3n) is 4.75. The number of aliphatic hydroxyl groups excluding tert-OH is 1. The van der Waals surface area contributed by atoms with Crippen LogP contribution in [-0.2, 0) is 9.59 Å². The number of aromatic nitrogens is 1. The highest BCUT2D eigenvalue weighted by Gasteiger charge is 2.47. The molecule has 1 atom stereocenters. The van der Waals surface area contributed by atoms with Gasteiger partial charge < -0.3 is 10.0 Å². The maximum Gasteiger partial charge on any atom is 0.290 e. The molecule has 1 aromatic rings. The van der Waals surface area contributed by atoms with Crippen LogP contribution in [0.2, 0.25) is 0 Å². The molecular weight excluding hydrogens is 292 g/mol. The van der Waals surface area contributed by atoms with Crippen LogP contribution in [-0.4, -0.2) is 32.7 Å². The Balaban J connectivity index is 2.08. The van der Waals surface area contributed by atoms with Crippen LogP contribution in [0.3, 0.4) is 0 Å². The Hall–Kier alpha value is -2.17. The molecule has 1 aromatic heterocycles. The van der Waals surface area contributed by atoms with E-state index in [0.717, 1.165) is 31.2 Å². The van der Waals surface area contributed by atoms with Crippen LogP contribution >= 0.6 is 0 Å². The molecule has 2 heterocycles. The van der Waals surface area contributed by atoms with Crippen molar-refractivity contribution in [3.8, 4) is 0 Å². The quantitative estimate of drug-likeness (QED) is 0.927. The molecule has 3 rings (SSSR count). The number of carbonyl (C=O) groups is 2. The number of hydrogen-bond acceptors (Lipinski definition) is 4. The summed E-state index contributed by atoms with van der Waals surface area (Å²) in [5.74, 6) is -1.26. The number of amides is 1. The molecule has 0 aromatic carbocycles. The lowest BCUT2D eigenvalue weighted by Crippen LogP contribution is -2.39. The molecule has 23 heavy (non-hydrogen) atoms. The summed E-state index contributed by atoms with van der Waals surface area (Å²) >= 11 is 0. The standard InChI is InChI=1S/C18H22N2O3/c1-11(2)16(21)14-15(12-6-5-9-19-10-12)20(18(23)17(14)22)13-7-3-4-8-13/h5-6,9-11,13,15,22H,3-4,7-8H2,1-2H3. The van der Waals surface area contributed by atoms with E-state index in [1.165, 1.54) is 0 Å². The van der Waals surface area contributed by atoms with Crippen LogP contribution in [0.5, 0.6) is 0 Å². The maximum atomic E-state index is 12.7. The Morgan fingerprint density at radius 2 is 2.04 bits per heavy atom. The lowest BCUT2D eigenvalue weighted by molar-refractivity contribution is -0.131. The summed E-state index contributed by atoms with van der Waals surface area (Å²) in [6, 6.07) is 3.21. The van der Waals surface area contributed by atoms with Crippen LogP contribution in [0, 0.1) is 5.92 Å². The summed E-state index contributed by atoms with van der Waals surface area (Å²) in [5.41, 5.74) is 1.01. The van der Waals surface area contributed by atoms with Gasteiger partial charge in [0.2, 0.25) is 0 Å². The van der Waals surface area contributed by atoms with Gasteiger partial charge >= 0.3 is 0 Å². The fraction of sp³-hybridized carbons (Fsp3) is 0.500. The molecule has 0 bridgehead atoms. The number of aliphatic hydroxyl groups is 1. The smallest absolute Gasteiger partial charge is 0.290 e. The molecule has 1 unspecified atom stereocenters. The lowest BCUT2D eigenvalue weighted by Gasteiger charge is -2.32. The second kappa shape index (κ2) is 6.14. The average molecular weight is 314 g/mol. The van der Waals surface area contributed by atoms with Gasteiger partial charge in [0.1, 0.15) is 0 Å². The van der Waals surface area contributed by atoms with Gasteiger partial charge in [-0.2, -0.15) is 0 Å². The van der Waals surface area contributed by atoms with Crippen LogP contribution in [0.1, 0.15) is 51.1 Å². The van der Waals surface area contributed by atoms with Crippen molar-refractivity contribution in [2.24, 2.45) is 5.92 Å². The van der Waals surface area contributed by atoms with Gasteiger partial charge in [0.15, 0.2) is 11.5 Å². The van der Waals surface area contributed by atoms with E-state index < -0.39 is 11.9 Å². The number of hydrogen-bond donors (Lipinski definition) is 1. The third kappa shape index (κ3) is 2.64. The van der Waals surface area contributed by atoms with Crippen LogP contribution in [0.4, 0.5) is 0 Å². The summed E-state index contributed by atoms with van der Waals surface area (Å²) in [4.78, 5) is 31.1. The third-order valence-corrected chi connectivity index (χ3v) is 4.75. The molecule has 2 aliphatic rings. The molecule has 1 N–H and O–H groups in total. The molecule has 1 amide bonds. The van der Waals surface area contributed by atoms with E-state index in [2.05, 4.69) is 4.98 Å². The topological polar surface area (TPSA) is 70.5 Å². The number of rotatable bonds is 4. The van der Waals surface area contributed by atoms with Gasteiger partial charge in [-0.1, -0.05) is 32.8 Å². The van der Waals surface area contributed by atoms with Crippen LogP contribution < -0.4 is 0 Å². The minimum absolute atomic E-state index is 0.0762. The normalized spacial score (nSPS) is 22.5. The van der Waals surface area contributed by atoms with Crippen molar-refractivity contribution in [2.45, 2.75) is 51.6 Å². The zero-order valence-corrected chi connectivity index (χ0v) is 13.5. The van der Waals surface area contributed by atoms with Gasteiger partial charge in [-0.3, -0.25) is 14.6 Å². The fourth-order valence-corrected chi connectivity index (χ4v) is 3.61. The van der Waals surface area contributed by atoms with Crippen molar-refractivity contribution in [3.05, 3.63) is 41.4 Å². The predicted molar refractivity (Wildman–Crippen MR) is 85.6 cm³/mol. The van der Waals surface area contributed by atoms with Gasteiger partial charge in [0.05, 0.1) is 11.6 Å². The van der Waals surface area contributed by atoms with Crippen molar-refractivity contribution in [1.82, 2.24) is 9.88 Å². The molecule has 122 valence electrons. The number of ketones is 1. The second-order valence-corrected chi connectivity index (χ2v) is 6.62. The molecular formula is C18H22N2O3. The average Bonchev–Trinajstić information content (AvgIpc) is 3.15. The summed E-state index contributed by atoms with van der Waals surface area (Å²) < 4.78 is 0. The molecule has 1 aliphatic heterocycles. The van der Waals surface area contributed by atoms with E-state index in [4.69, 9.17) is 0 Å². The molecule has 1 aliphatic carbocycles. The number of carbonyl (C=O) groups excluding carboxylic acids is 2. The van der Waals surface area contributed by atoms with Crippen molar-refractivity contribution in [3.63, 3.8) is 0 Å². The Morgan fingerprint density at radius 3 is 2.61 bits per heavy atom. The molecule has 5 nitrogen and oxygen atoms in total. The van der Waals surface area contributed by atoms with E-state index >= 15 is 0 Å². The zero-order chi connectivity index (χ0) is 16.6. The van der Waals surface area contributed by atoms with E-state index in [-0.39, 0.29) is 29.1 Å². The maximum absolute atomic E-state index is 12.7. The minimum atomic E-state index is -0.519. The van der Waals surface area contributed by atoms with Gasteiger partial charge in [-0.05, 0) is 24.5 Å². The highest BCUT2D eigenvalue weighted by molar-refractivity contribution is 6.09. The Bertz CT molecular complexity index is 645.